The number of benzene rings is 3. The van der Waals surface area contributed by atoms with Crippen LogP contribution < -0.4 is 5.32 Å². The van der Waals surface area contributed by atoms with Crippen LogP contribution in [0.3, 0.4) is 0 Å². The van der Waals surface area contributed by atoms with Crippen LogP contribution in [0, 0.1) is 11.8 Å². The predicted molar refractivity (Wildman–Crippen MR) is 191 cm³/mol. The lowest BCUT2D eigenvalue weighted by atomic mass is 9.87. The molecule has 2 amide bonds. The summed E-state index contributed by atoms with van der Waals surface area (Å²) >= 11 is 0. The summed E-state index contributed by atoms with van der Waals surface area (Å²) in [4.78, 5) is 29.5. The Kier molecular flexibility index (Phi) is 13.6. The maximum atomic E-state index is 13.0. The van der Waals surface area contributed by atoms with Gasteiger partial charge in [0.2, 0.25) is 5.91 Å². The molecule has 0 unspecified atom stereocenters. The number of phenols is 1. The minimum absolute atomic E-state index is 0. The van der Waals surface area contributed by atoms with Crippen LogP contribution in [0.2, 0.25) is 0 Å². The Morgan fingerprint density at radius 2 is 1.38 bits per heavy atom. The average Bonchev–Trinajstić information content (AvgIpc) is 3.60. The number of fused-ring (bicyclic) bond motifs is 1. The molecule has 0 aromatic heterocycles. The van der Waals surface area contributed by atoms with Crippen molar-refractivity contribution < 1.29 is 24.5 Å². The second-order valence-electron chi connectivity index (χ2n) is 12.8. The number of carbonyl (C=O) groups excluding carboxylic acids is 2. The number of nitrogens with one attached hydrogen (secondary N) is 1. The van der Waals surface area contributed by atoms with Crippen molar-refractivity contribution in [3.8, 4) is 5.75 Å². The summed E-state index contributed by atoms with van der Waals surface area (Å²) < 4.78 is 5.54. The van der Waals surface area contributed by atoms with E-state index in [9.17, 15) is 19.8 Å². The highest BCUT2D eigenvalue weighted by Crippen LogP contribution is 2.36. The molecule has 2 heterocycles. The van der Waals surface area contributed by atoms with Gasteiger partial charge in [-0.15, -0.1) is 0 Å². The van der Waals surface area contributed by atoms with Gasteiger partial charge in [0, 0.05) is 38.5 Å². The molecule has 2 aliphatic heterocycles. The summed E-state index contributed by atoms with van der Waals surface area (Å²) in [5.41, 5.74) is 5.35. The third kappa shape index (κ3) is 10.2. The molecule has 47 heavy (non-hydrogen) atoms. The molecule has 0 saturated carbocycles. The van der Waals surface area contributed by atoms with E-state index in [2.05, 4.69) is 22.3 Å². The molecule has 5 rings (SSSR count). The fourth-order valence-corrected chi connectivity index (χ4v) is 6.27. The molecule has 2 fully saturated rings. The average molecular weight is 644 g/mol. The number of allylic oxidation sites excluding steroid dienone is 1. The largest absolute Gasteiger partial charge is 0.508 e. The standard InChI is InChI=1S/C36H43N3O5.C2H6.CH4/c1-36(2,3)44-35(43)39-22-28-20-38(21-29(28)23-39)24-33(42)37-30-15-11-26(12-16-30)34(27-13-17-31(41)18-14-27)32(10-7-19-40)25-8-5-4-6-9-25;1-2;/h4-6,8-9,11-18,28-29,40-41H,7,10,19-24H2,1-3H3,(H,37,42);1-2H3;1H4/b34-32+;;/t28-,29+;;. The zero-order valence-electron chi connectivity index (χ0n) is 27.8. The van der Waals surface area contributed by atoms with E-state index in [0.717, 1.165) is 46.6 Å². The molecule has 254 valence electrons. The number of anilines is 1. The normalized spacial score (nSPS) is 17.9. The van der Waals surface area contributed by atoms with Gasteiger partial charge < -0.3 is 25.2 Å². The maximum absolute atomic E-state index is 13.0. The third-order valence-electron chi connectivity index (χ3n) is 8.20. The smallest absolute Gasteiger partial charge is 0.410 e. The number of phenolic OH excluding ortho intramolecular Hbond substituents is 1. The Balaban J connectivity index is 0.00000196. The van der Waals surface area contributed by atoms with Gasteiger partial charge in [-0.05, 0) is 97.6 Å². The number of aliphatic hydroxyl groups is 1. The van der Waals surface area contributed by atoms with Gasteiger partial charge in [-0.25, -0.2) is 4.79 Å². The quantitative estimate of drug-likeness (QED) is 0.209. The Hall–Kier alpha value is -4.14. The lowest BCUT2D eigenvalue weighted by Gasteiger charge is -2.25. The molecule has 2 aliphatic rings. The molecular formula is C39H53N3O5. The first kappa shape index (κ1) is 37.3. The molecule has 3 aromatic carbocycles. The molecule has 0 radical (unpaired) electrons. The van der Waals surface area contributed by atoms with Gasteiger partial charge in [0.15, 0.2) is 0 Å². The van der Waals surface area contributed by atoms with Gasteiger partial charge in [0.1, 0.15) is 11.4 Å². The zero-order chi connectivity index (χ0) is 33.3. The van der Waals surface area contributed by atoms with Gasteiger partial charge in [-0.2, -0.15) is 0 Å². The Bertz CT molecular complexity index is 1450. The van der Waals surface area contributed by atoms with Crippen LogP contribution in [-0.4, -0.2) is 76.9 Å². The summed E-state index contributed by atoms with van der Waals surface area (Å²) in [7, 11) is 0. The number of amides is 2. The van der Waals surface area contributed by atoms with E-state index in [1.807, 2.05) is 89.2 Å². The van der Waals surface area contributed by atoms with Crippen LogP contribution in [0.15, 0.2) is 78.9 Å². The van der Waals surface area contributed by atoms with Crippen LogP contribution in [0.1, 0.15) is 71.6 Å². The summed E-state index contributed by atoms with van der Waals surface area (Å²) in [5.74, 6) is 0.836. The molecule has 3 aromatic rings. The van der Waals surface area contributed by atoms with Gasteiger partial charge in [0.25, 0.3) is 0 Å². The Morgan fingerprint density at radius 3 is 1.91 bits per heavy atom. The molecule has 2 atom stereocenters. The minimum Gasteiger partial charge on any atom is -0.508 e. The second kappa shape index (κ2) is 17.1. The first-order chi connectivity index (χ1) is 22.1. The van der Waals surface area contributed by atoms with Gasteiger partial charge in [0.05, 0.1) is 6.54 Å². The number of rotatable bonds is 9. The van der Waals surface area contributed by atoms with Gasteiger partial charge in [-0.3, -0.25) is 9.69 Å². The van der Waals surface area contributed by atoms with Crippen LogP contribution in [-0.2, 0) is 9.53 Å². The first-order valence-electron chi connectivity index (χ1n) is 16.4. The highest BCUT2D eigenvalue weighted by Gasteiger charge is 2.43. The lowest BCUT2D eigenvalue weighted by molar-refractivity contribution is -0.117. The zero-order valence-corrected chi connectivity index (χ0v) is 27.8. The minimum atomic E-state index is -0.509. The lowest BCUT2D eigenvalue weighted by Crippen LogP contribution is -2.38. The van der Waals surface area contributed by atoms with Crippen LogP contribution >= 0.6 is 0 Å². The van der Waals surface area contributed by atoms with Crippen molar-refractivity contribution in [3.05, 3.63) is 95.6 Å². The second-order valence-corrected chi connectivity index (χ2v) is 12.8. The molecule has 8 nitrogen and oxygen atoms in total. The van der Waals surface area contributed by atoms with E-state index in [1.54, 1.807) is 17.0 Å². The van der Waals surface area contributed by atoms with E-state index in [0.29, 0.717) is 44.3 Å². The fourth-order valence-electron chi connectivity index (χ4n) is 6.27. The molecule has 0 bridgehead atoms. The van der Waals surface area contributed by atoms with E-state index < -0.39 is 5.60 Å². The van der Waals surface area contributed by atoms with Crippen molar-refractivity contribution in [2.75, 3.05) is 44.6 Å². The van der Waals surface area contributed by atoms with Crippen molar-refractivity contribution in [2.45, 2.75) is 60.5 Å². The SMILES string of the molecule is C.CC.CC(C)(C)OC(=O)N1C[C@H]2CN(CC(=O)Nc3ccc(/C(=C(/CCCO)c4ccccc4)c4ccc(O)cc4)cc3)C[C@H]2C1. The summed E-state index contributed by atoms with van der Waals surface area (Å²) in [6.07, 6.45) is 1.05. The molecule has 2 saturated heterocycles. The Labute approximate surface area is 281 Å². The van der Waals surface area contributed by atoms with E-state index in [-0.39, 0.29) is 31.8 Å². The van der Waals surface area contributed by atoms with Gasteiger partial charge in [-0.1, -0.05) is 75.9 Å². The number of aliphatic hydroxyl groups excluding tert-OH is 1. The van der Waals surface area contributed by atoms with Crippen LogP contribution in [0.5, 0.6) is 5.75 Å². The summed E-state index contributed by atoms with van der Waals surface area (Å²) in [5, 5.41) is 22.6. The first-order valence-corrected chi connectivity index (χ1v) is 16.4. The summed E-state index contributed by atoms with van der Waals surface area (Å²) in [6.45, 7) is 12.9. The van der Waals surface area contributed by atoms with Crippen molar-refractivity contribution >= 4 is 28.8 Å². The topological polar surface area (TPSA) is 102 Å². The number of nitrogens with zero attached hydrogens (tertiary/aromatic N) is 2. The predicted octanol–water partition coefficient (Wildman–Crippen LogP) is 7.52. The van der Waals surface area contributed by atoms with Gasteiger partial charge >= 0.3 is 6.09 Å². The number of aromatic hydroxyl groups is 1. The molecule has 3 N–H and O–H groups in total. The molecule has 0 aliphatic carbocycles. The van der Waals surface area contributed by atoms with E-state index >= 15 is 0 Å². The van der Waals surface area contributed by atoms with E-state index in [1.165, 1.54) is 0 Å². The van der Waals surface area contributed by atoms with Crippen LogP contribution in [0.4, 0.5) is 10.5 Å². The number of ether oxygens (including phenoxy) is 1. The highest BCUT2D eigenvalue weighted by molar-refractivity contribution is 5.99. The molecular weight excluding hydrogens is 590 g/mol. The van der Waals surface area contributed by atoms with E-state index in [4.69, 9.17) is 4.74 Å². The monoisotopic (exact) mass is 643 g/mol. The summed E-state index contributed by atoms with van der Waals surface area (Å²) in [6, 6.07) is 25.2. The number of hydrogen-bond acceptors (Lipinski definition) is 6. The third-order valence-corrected chi connectivity index (χ3v) is 8.20. The highest BCUT2D eigenvalue weighted by atomic mass is 16.6. The van der Waals surface area contributed by atoms with Crippen molar-refractivity contribution in [1.82, 2.24) is 9.80 Å². The molecule has 0 spiro atoms. The fraction of sp³-hybridized carbons (Fsp3) is 0.436. The Morgan fingerprint density at radius 1 is 0.830 bits per heavy atom. The van der Waals surface area contributed by atoms with Crippen molar-refractivity contribution in [1.29, 1.82) is 0 Å². The van der Waals surface area contributed by atoms with Crippen molar-refractivity contribution in [2.24, 2.45) is 11.8 Å². The number of likely N-dealkylation sites (tertiary alicyclic amines) is 2. The van der Waals surface area contributed by atoms with Crippen molar-refractivity contribution in [3.63, 3.8) is 0 Å². The number of hydrogen-bond donors (Lipinski definition) is 3. The molecule has 8 heteroatoms. The van der Waals surface area contributed by atoms with Crippen LogP contribution in [0.25, 0.3) is 11.1 Å². The number of carbonyl (C=O) groups is 2. The maximum Gasteiger partial charge on any atom is 0.410 e.